The summed E-state index contributed by atoms with van der Waals surface area (Å²) in [6.07, 6.45) is 7.13. The van der Waals surface area contributed by atoms with Gasteiger partial charge in [0.05, 0.1) is 19.2 Å². The molecule has 13 heteroatoms. The smallest absolute Gasteiger partial charge is 0.409 e. The van der Waals surface area contributed by atoms with Crippen molar-refractivity contribution in [3.63, 3.8) is 0 Å². The number of carbonyl (C=O) groups excluding carboxylic acids is 2. The first-order valence-electron chi connectivity index (χ1n) is 15.8. The maximum atomic E-state index is 13.7. The molecule has 0 unspecified atom stereocenters. The molecule has 0 radical (unpaired) electrons. The maximum Gasteiger partial charge on any atom is 0.409 e. The molecule has 1 fully saturated rings. The third-order valence-corrected chi connectivity index (χ3v) is 9.39. The first-order chi connectivity index (χ1) is 22.5. The summed E-state index contributed by atoms with van der Waals surface area (Å²) in [5, 5.41) is 3.26. The third-order valence-electron chi connectivity index (χ3n) is 9.39. The van der Waals surface area contributed by atoms with Gasteiger partial charge in [0.2, 0.25) is 5.96 Å². The zero-order valence-corrected chi connectivity index (χ0v) is 27.1. The number of benzene rings is 1. The van der Waals surface area contributed by atoms with Gasteiger partial charge in [-0.1, -0.05) is 18.2 Å². The van der Waals surface area contributed by atoms with Gasteiger partial charge in [0.15, 0.2) is 28.8 Å². The number of nitrogens with one attached hydrogen (secondary N) is 1. The van der Waals surface area contributed by atoms with Gasteiger partial charge >= 0.3 is 6.09 Å². The Kier molecular flexibility index (Phi) is 7.29. The number of nitrogens with zero attached hydrogens (tertiary/aromatic N) is 7. The Balaban J connectivity index is 1.29. The lowest BCUT2D eigenvalue weighted by atomic mass is 9.87. The summed E-state index contributed by atoms with van der Waals surface area (Å²) in [6, 6.07) is 9.60. The van der Waals surface area contributed by atoms with Crippen molar-refractivity contribution in [1.29, 1.82) is 0 Å². The topological polar surface area (TPSA) is 136 Å². The number of methoxy groups -OCH3 is 1. The Morgan fingerprint density at radius 1 is 1.15 bits per heavy atom. The van der Waals surface area contributed by atoms with E-state index in [0.29, 0.717) is 60.6 Å². The molecule has 47 heavy (non-hydrogen) atoms. The van der Waals surface area contributed by atoms with Crippen molar-refractivity contribution in [3.05, 3.63) is 69.5 Å². The van der Waals surface area contributed by atoms with Crippen LogP contribution in [0.2, 0.25) is 0 Å². The lowest BCUT2D eigenvalue weighted by Gasteiger charge is -2.38. The Bertz CT molecular complexity index is 1930. The van der Waals surface area contributed by atoms with E-state index in [1.807, 2.05) is 24.3 Å². The number of ether oxygens (including phenoxy) is 2. The molecule has 5 heterocycles. The largest absolute Gasteiger partial charge is 0.474 e. The number of amides is 2. The summed E-state index contributed by atoms with van der Waals surface area (Å²) >= 11 is 0. The fourth-order valence-electron chi connectivity index (χ4n) is 6.80. The summed E-state index contributed by atoms with van der Waals surface area (Å²) in [7, 11) is 1.40. The van der Waals surface area contributed by atoms with Crippen LogP contribution in [-0.2, 0) is 28.0 Å². The molecule has 0 atom stereocenters. The van der Waals surface area contributed by atoms with Gasteiger partial charge < -0.3 is 19.7 Å². The molecule has 2 aromatic heterocycles. The lowest BCUT2D eigenvalue weighted by Crippen LogP contribution is -2.53. The minimum Gasteiger partial charge on any atom is -0.474 e. The standard InChI is InChI=1S/C34H38N8O5/c1-21-27(38-31(35-4)36-23-10-11-24-22(18-23)19-39(32(45)46-5)20-34(24)14-15-34)42-26-13-12-25-28(37-26)40(30(44)33(2,3)47-25)16-8-6-7-9-17-41(42)29(21)43/h7,9-13,18H,4,6,8,14-17,19-20H2,1-3,5H3,(H,36,38)/b9-7-. The van der Waals surface area contributed by atoms with Crippen molar-refractivity contribution < 1.29 is 19.1 Å². The van der Waals surface area contributed by atoms with E-state index in [2.05, 4.69) is 23.1 Å². The number of rotatable bonds is 2. The van der Waals surface area contributed by atoms with E-state index in [1.165, 1.54) is 12.7 Å². The second-order valence-corrected chi connectivity index (χ2v) is 13.0. The third kappa shape index (κ3) is 5.19. The van der Waals surface area contributed by atoms with Gasteiger partial charge in [-0.2, -0.15) is 4.99 Å². The fourth-order valence-corrected chi connectivity index (χ4v) is 6.80. The summed E-state index contributed by atoms with van der Waals surface area (Å²) in [5.74, 6) is 1.62. The highest BCUT2D eigenvalue weighted by atomic mass is 16.5. The Morgan fingerprint density at radius 2 is 1.96 bits per heavy atom. The van der Waals surface area contributed by atoms with Crippen molar-refractivity contribution in [2.45, 2.75) is 70.6 Å². The zero-order chi connectivity index (χ0) is 33.1. The quantitative estimate of drug-likeness (QED) is 0.246. The summed E-state index contributed by atoms with van der Waals surface area (Å²) in [4.78, 5) is 56.8. The molecule has 1 aromatic carbocycles. The predicted molar refractivity (Wildman–Crippen MR) is 178 cm³/mol. The molecular formula is C34H38N8O5. The molecule has 1 N–H and O–H groups in total. The van der Waals surface area contributed by atoms with Gasteiger partial charge in [-0.05, 0) is 88.6 Å². The van der Waals surface area contributed by atoms with E-state index in [1.54, 1.807) is 52.1 Å². The normalized spacial score (nSPS) is 19.8. The average molecular weight is 639 g/mol. The molecule has 1 spiro atoms. The Hall–Kier alpha value is -5.20. The SMILES string of the molecule is C=NC(=Nc1c(C)c(=O)n2n1-c1ccc3c(n1)N(CCC/C=C\C2)C(=O)C(C)(C)O3)Nc1ccc2c(c1)CN(C(=O)OC)CC21CC1. The van der Waals surface area contributed by atoms with Crippen LogP contribution >= 0.6 is 0 Å². The highest BCUT2D eigenvalue weighted by Crippen LogP contribution is 2.52. The Morgan fingerprint density at radius 3 is 2.70 bits per heavy atom. The molecule has 3 aromatic rings. The van der Waals surface area contributed by atoms with Crippen molar-refractivity contribution in [2.75, 3.05) is 30.4 Å². The summed E-state index contributed by atoms with van der Waals surface area (Å²) in [5.41, 5.74) is 2.10. The molecule has 4 aliphatic rings. The van der Waals surface area contributed by atoms with Gasteiger partial charge in [0.1, 0.15) is 0 Å². The van der Waals surface area contributed by atoms with E-state index in [0.717, 1.165) is 31.2 Å². The van der Waals surface area contributed by atoms with Crippen LogP contribution in [0.15, 0.2) is 57.3 Å². The molecule has 7 rings (SSSR count). The van der Waals surface area contributed by atoms with Crippen LogP contribution < -0.4 is 20.5 Å². The first-order valence-corrected chi connectivity index (χ1v) is 15.8. The molecule has 244 valence electrons. The number of hydrogen-bond acceptors (Lipinski definition) is 7. The fraction of sp³-hybridized carbons (Fsp3) is 0.412. The van der Waals surface area contributed by atoms with Crippen LogP contribution in [0, 0.1) is 6.92 Å². The predicted octanol–water partition coefficient (Wildman–Crippen LogP) is 4.61. The number of pyridine rings is 1. The minimum absolute atomic E-state index is 0.0260. The highest BCUT2D eigenvalue weighted by Gasteiger charge is 2.50. The van der Waals surface area contributed by atoms with Gasteiger partial charge in [-0.3, -0.25) is 14.5 Å². The molecule has 3 aliphatic heterocycles. The van der Waals surface area contributed by atoms with Gasteiger partial charge in [0, 0.05) is 30.7 Å². The van der Waals surface area contributed by atoms with Gasteiger partial charge in [0.25, 0.3) is 11.5 Å². The van der Waals surface area contributed by atoms with Crippen LogP contribution in [-0.4, -0.2) is 69.7 Å². The van der Waals surface area contributed by atoms with Crippen LogP contribution in [0.25, 0.3) is 5.82 Å². The molecule has 2 bridgehead atoms. The van der Waals surface area contributed by atoms with Crippen LogP contribution in [0.5, 0.6) is 5.75 Å². The average Bonchev–Trinajstić information content (AvgIpc) is 3.78. The number of anilines is 2. The minimum atomic E-state index is -1.03. The molecule has 0 saturated heterocycles. The van der Waals surface area contributed by atoms with E-state index < -0.39 is 5.60 Å². The lowest BCUT2D eigenvalue weighted by molar-refractivity contribution is -0.132. The van der Waals surface area contributed by atoms with Crippen molar-refractivity contribution in [1.82, 2.24) is 19.2 Å². The van der Waals surface area contributed by atoms with Crippen molar-refractivity contribution in [2.24, 2.45) is 9.98 Å². The molecular weight excluding hydrogens is 600 g/mol. The summed E-state index contributed by atoms with van der Waals surface area (Å²) < 4.78 is 14.3. The van der Waals surface area contributed by atoms with Crippen LogP contribution in [0.1, 0.15) is 56.2 Å². The van der Waals surface area contributed by atoms with Crippen molar-refractivity contribution >= 4 is 42.0 Å². The number of aliphatic imine (C=N–C) groups is 2. The number of allylic oxidation sites excluding steroid dienone is 2. The van der Waals surface area contributed by atoms with E-state index >= 15 is 0 Å². The highest BCUT2D eigenvalue weighted by molar-refractivity contribution is 6.01. The number of guanidine groups is 1. The second-order valence-electron chi connectivity index (χ2n) is 13.0. The number of fused-ring (bicyclic) bond motifs is 5. The zero-order valence-electron chi connectivity index (χ0n) is 27.1. The van der Waals surface area contributed by atoms with E-state index in [9.17, 15) is 14.4 Å². The molecule has 1 saturated carbocycles. The van der Waals surface area contributed by atoms with Crippen LogP contribution in [0.4, 0.5) is 22.1 Å². The molecule has 2 amide bonds. The summed E-state index contributed by atoms with van der Waals surface area (Å²) in [6.45, 7) is 10.8. The second kappa shape index (κ2) is 11.2. The monoisotopic (exact) mass is 638 g/mol. The number of hydrogen-bond donors (Lipinski definition) is 1. The Labute approximate surface area is 272 Å². The molecule has 13 nitrogen and oxygen atoms in total. The number of aromatic nitrogens is 3. The van der Waals surface area contributed by atoms with E-state index in [-0.39, 0.29) is 28.9 Å². The first kappa shape index (κ1) is 30.5. The van der Waals surface area contributed by atoms with Crippen molar-refractivity contribution in [3.8, 4) is 11.6 Å². The van der Waals surface area contributed by atoms with Gasteiger partial charge in [-0.25, -0.2) is 24.1 Å². The van der Waals surface area contributed by atoms with Gasteiger partial charge in [-0.15, -0.1) is 0 Å². The number of carbonyl (C=O) groups is 2. The maximum absolute atomic E-state index is 13.7. The van der Waals surface area contributed by atoms with E-state index in [4.69, 9.17) is 19.5 Å². The molecule has 1 aliphatic carbocycles. The van der Waals surface area contributed by atoms with Crippen LogP contribution in [0.3, 0.4) is 0 Å².